The third-order valence-corrected chi connectivity index (χ3v) is 2.42. The van der Waals surface area contributed by atoms with E-state index in [9.17, 15) is 4.79 Å². The Hall–Kier alpha value is -0.610. The number of carbonyl (C=O) groups excluding carboxylic acids is 1. The minimum atomic E-state index is -0.157. The molecule has 0 radical (unpaired) electrons. The summed E-state index contributed by atoms with van der Waals surface area (Å²) in [5.41, 5.74) is 0. The van der Waals surface area contributed by atoms with Crippen LogP contribution in [0.3, 0.4) is 0 Å². The summed E-state index contributed by atoms with van der Waals surface area (Å²) in [5.74, 6) is -0.157. The summed E-state index contributed by atoms with van der Waals surface area (Å²) in [6.07, 6.45) is 2.97. The molecule has 0 aromatic rings. The van der Waals surface area contributed by atoms with Crippen LogP contribution in [0.5, 0.6) is 0 Å². The molecule has 0 aliphatic heterocycles. The fourth-order valence-corrected chi connectivity index (χ4v) is 1.41. The number of rotatable bonds is 5. The van der Waals surface area contributed by atoms with Crippen LogP contribution >= 0.6 is 0 Å². The van der Waals surface area contributed by atoms with Crippen molar-refractivity contribution in [3.63, 3.8) is 0 Å². The van der Waals surface area contributed by atoms with Crippen LogP contribution in [0.15, 0.2) is 0 Å². The summed E-state index contributed by atoms with van der Waals surface area (Å²) in [4.78, 5) is 10.7. The van der Waals surface area contributed by atoms with Gasteiger partial charge in [0.05, 0.1) is 19.6 Å². The molecule has 0 saturated heterocycles. The molecular weight excluding hydrogens is 170 g/mol. The first-order valence-corrected chi connectivity index (χ1v) is 4.59. The summed E-state index contributed by atoms with van der Waals surface area (Å²) >= 11 is 0. The second-order valence-electron chi connectivity index (χ2n) is 3.31. The van der Waals surface area contributed by atoms with Crippen LogP contribution in [0.2, 0.25) is 0 Å². The van der Waals surface area contributed by atoms with Crippen LogP contribution in [-0.2, 0) is 14.3 Å². The molecule has 4 nitrogen and oxygen atoms in total. The van der Waals surface area contributed by atoms with Crippen LogP contribution in [-0.4, -0.2) is 38.9 Å². The lowest BCUT2D eigenvalue weighted by Gasteiger charge is -2.34. The molecule has 1 aliphatic carbocycles. The molecule has 1 fully saturated rings. The van der Waals surface area contributed by atoms with Crippen molar-refractivity contribution in [2.24, 2.45) is 0 Å². The van der Waals surface area contributed by atoms with Gasteiger partial charge in [0.2, 0.25) is 0 Å². The molecule has 1 N–H and O–H groups in total. The third kappa shape index (κ3) is 3.32. The normalized spacial score (nSPS) is 26.6. The van der Waals surface area contributed by atoms with Crippen molar-refractivity contribution in [1.82, 2.24) is 5.32 Å². The Morgan fingerprint density at radius 2 is 2.15 bits per heavy atom. The fourth-order valence-electron chi connectivity index (χ4n) is 1.41. The summed E-state index contributed by atoms with van der Waals surface area (Å²) in [6.45, 7) is 0.702. The zero-order valence-corrected chi connectivity index (χ0v) is 8.21. The van der Waals surface area contributed by atoms with E-state index in [1.807, 2.05) is 0 Å². The van der Waals surface area contributed by atoms with Crippen molar-refractivity contribution in [1.29, 1.82) is 0 Å². The van der Waals surface area contributed by atoms with Crippen molar-refractivity contribution >= 4 is 5.97 Å². The highest BCUT2D eigenvalue weighted by molar-refractivity contribution is 5.69. The van der Waals surface area contributed by atoms with E-state index in [1.54, 1.807) is 7.11 Å². The van der Waals surface area contributed by atoms with Crippen molar-refractivity contribution < 1.29 is 14.3 Å². The maximum atomic E-state index is 10.7. The molecule has 1 aliphatic rings. The monoisotopic (exact) mass is 187 g/mol. The molecule has 13 heavy (non-hydrogen) atoms. The van der Waals surface area contributed by atoms with Crippen LogP contribution < -0.4 is 5.32 Å². The number of esters is 1. The van der Waals surface area contributed by atoms with Crippen LogP contribution in [0, 0.1) is 0 Å². The van der Waals surface area contributed by atoms with Crippen LogP contribution in [0.25, 0.3) is 0 Å². The SMILES string of the molecule is COC(=O)CCNC1CC(OC)C1. The van der Waals surface area contributed by atoms with E-state index in [0.29, 0.717) is 25.1 Å². The Balaban J connectivity index is 1.93. The lowest BCUT2D eigenvalue weighted by atomic mass is 9.89. The maximum absolute atomic E-state index is 10.7. The van der Waals surface area contributed by atoms with Gasteiger partial charge >= 0.3 is 5.97 Å². The Morgan fingerprint density at radius 1 is 1.46 bits per heavy atom. The van der Waals surface area contributed by atoms with Gasteiger partial charge in [0.1, 0.15) is 0 Å². The minimum Gasteiger partial charge on any atom is -0.469 e. The van der Waals surface area contributed by atoms with Crippen LogP contribution in [0.4, 0.5) is 0 Å². The second-order valence-corrected chi connectivity index (χ2v) is 3.31. The van der Waals surface area contributed by atoms with Gasteiger partial charge in [-0.25, -0.2) is 0 Å². The minimum absolute atomic E-state index is 0.157. The lowest BCUT2D eigenvalue weighted by molar-refractivity contribution is -0.140. The number of methoxy groups -OCH3 is 2. The van der Waals surface area contributed by atoms with Crippen molar-refractivity contribution in [3.05, 3.63) is 0 Å². The zero-order chi connectivity index (χ0) is 9.68. The Labute approximate surface area is 78.6 Å². The fraction of sp³-hybridized carbons (Fsp3) is 0.889. The molecule has 0 unspecified atom stereocenters. The molecule has 0 bridgehead atoms. The number of nitrogens with one attached hydrogen (secondary N) is 1. The van der Waals surface area contributed by atoms with E-state index in [-0.39, 0.29) is 5.97 Å². The molecule has 1 saturated carbocycles. The topological polar surface area (TPSA) is 47.6 Å². The van der Waals surface area contributed by atoms with Crippen molar-refractivity contribution in [3.8, 4) is 0 Å². The first-order chi connectivity index (χ1) is 6.26. The Kier molecular flexibility index (Phi) is 4.18. The highest BCUT2D eigenvalue weighted by Crippen LogP contribution is 2.22. The van der Waals surface area contributed by atoms with Gasteiger partial charge in [0, 0.05) is 19.7 Å². The average molecular weight is 187 g/mol. The van der Waals surface area contributed by atoms with Gasteiger partial charge in [0.15, 0.2) is 0 Å². The summed E-state index contributed by atoms with van der Waals surface area (Å²) < 4.78 is 9.66. The molecule has 4 heteroatoms. The molecule has 0 aromatic heterocycles. The second kappa shape index (κ2) is 5.19. The highest BCUT2D eigenvalue weighted by atomic mass is 16.5. The largest absolute Gasteiger partial charge is 0.469 e. The molecule has 0 spiro atoms. The molecule has 76 valence electrons. The number of carbonyl (C=O) groups is 1. The Morgan fingerprint density at radius 3 is 2.69 bits per heavy atom. The first kappa shape index (κ1) is 10.5. The van der Waals surface area contributed by atoms with Gasteiger partial charge < -0.3 is 14.8 Å². The van der Waals surface area contributed by atoms with Crippen molar-refractivity contribution in [2.45, 2.75) is 31.4 Å². The lowest BCUT2D eigenvalue weighted by Crippen LogP contribution is -2.45. The van der Waals surface area contributed by atoms with E-state index in [2.05, 4.69) is 10.1 Å². The molecule has 1 rings (SSSR count). The quantitative estimate of drug-likeness (QED) is 0.629. The smallest absolute Gasteiger partial charge is 0.306 e. The van der Waals surface area contributed by atoms with Gasteiger partial charge in [-0.1, -0.05) is 0 Å². The van der Waals surface area contributed by atoms with Gasteiger partial charge in [-0.2, -0.15) is 0 Å². The molecule has 0 atom stereocenters. The number of ether oxygens (including phenoxy) is 2. The van der Waals surface area contributed by atoms with E-state index >= 15 is 0 Å². The maximum Gasteiger partial charge on any atom is 0.306 e. The van der Waals surface area contributed by atoms with Gasteiger partial charge in [-0.05, 0) is 12.8 Å². The van der Waals surface area contributed by atoms with E-state index < -0.39 is 0 Å². The average Bonchev–Trinajstić information content (AvgIpc) is 2.08. The molecule has 0 heterocycles. The Bertz CT molecular complexity index is 166. The van der Waals surface area contributed by atoms with E-state index in [1.165, 1.54) is 7.11 Å². The molecule has 0 aromatic carbocycles. The van der Waals surface area contributed by atoms with E-state index in [4.69, 9.17) is 4.74 Å². The summed E-state index contributed by atoms with van der Waals surface area (Å²) in [7, 11) is 3.14. The predicted molar refractivity (Wildman–Crippen MR) is 48.5 cm³/mol. The van der Waals surface area contributed by atoms with Gasteiger partial charge in [0.25, 0.3) is 0 Å². The molecular formula is C9H17NO3. The summed E-state index contributed by atoms with van der Waals surface area (Å²) in [6, 6.07) is 0.523. The highest BCUT2D eigenvalue weighted by Gasteiger charge is 2.28. The number of hydrogen-bond acceptors (Lipinski definition) is 4. The zero-order valence-electron chi connectivity index (χ0n) is 8.21. The molecule has 0 amide bonds. The third-order valence-electron chi connectivity index (χ3n) is 2.42. The summed E-state index contributed by atoms with van der Waals surface area (Å²) in [5, 5.41) is 3.27. The van der Waals surface area contributed by atoms with Crippen molar-refractivity contribution in [2.75, 3.05) is 20.8 Å². The standard InChI is InChI=1S/C9H17NO3/c1-12-8-5-7(6-8)10-4-3-9(11)13-2/h7-8,10H,3-6H2,1-2H3. The number of hydrogen-bond donors (Lipinski definition) is 1. The predicted octanol–water partition coefficient (Wildman–Crippen LogP) is 0.317. The van der Waals surface area contributed by atoms with Gasteiger partial charge in [-0.15, -0.1) is 0 Å². The van der Waals surface area contributed by atoms with E-state index in [0.717, 1.165) is 12.8 Å². The van der Waals surface area contributed by atoms with Gasteiger partial charge in [-0.3, -0.25) is 4.79 Å². The first-order valence-electron chi connectivity index (χ1n) is 4.59. The van der Waals surface area contributed by atoms with Crippen LogP contribution in [0.1, 0.15) is 19.3 Å².